The molecule has 9 nitrogen and oxygen atoms in total. The Labute approximate surface area is 176 Å². The number of aryl methyl sites for hydroxylation is 2. The smallest absolute Gasteiger partial charge is 0.344 e. The zero-order chi connectivity index (χ0) is 22.5. The molecule has 0 aromatic heterocycles. The Morgan fingerprint density at radius 1 is 0.871 bits per heavy atom. The van der Waals surface area contributed by atoms with Crippen LogP contribution in [0.3, 0.4) is 0 Å². The lowest BCUT2D eigenvalue weighted by atomic mass is 10.1. The second-order valence-corrected chi connectivity index (χ2v) is 6.74. The molecule has 0 aliphatic carbocycles. The number of ether oxygens (including phenoxy) is 1. The van der Waals surface area contributed by atoms with Gasteiger partial charge < -0.3 is 4.74 Å². The molecule has 9 heteroatoms. The van der Waals surface area contributed by atoms with Gasteiger partial charge in [0.1, 0.15) is 5.75 Å². The van der Waals surface area contributed by atoms with Crippen LogP contribution in [-0.2, 0) is 0 Å². The van der Waals surface area contributed by atoms with Crippen molar-refractivity contribution in [3.8, 4) is 5.75 Å². The van der Waals surface area contributed by atoms with Gasteiger partial charge in [-0.1, -0.05) is 6.07 Å². The quantitative estimate of drug-likeness (QED) is 0.180. The Bertz CT molecular complexity index is 1170. The maximum atomic E-state index is 12.3. The van der Waals surface area contributed by atoms with Gasteiger partial charge in [-0.15, -0.1) is 0 Å². The lowest BCUT2D eigenvalue weighted by Crippen LogP contribution is -2.09. The molecule has 0 fully saturated rings. The van der Waals surface area contributed by atoms with Gasteiger partial charge in [0.15, 0.2) is 0 Å². The van der Waals surface area contributed by atoms with Crippen LogP contribution in [0.5, 0.6) is 5.75 Å². The number of aliphatic imine (C=N–C) groups is 1. The van der Waals surface area contributed by atoms with Gasteiger partial charge in [-0.25, -0.2) is 4.79 Å². The fraction of sp³-hybridized carbons (Fsp3) is 0.0909. The van der Waals surface area contributed by atoms with Gasteiger partial charge in [0, 0.05) is 18.3 Å². The van der Waals surface area contributed by atoms with E-state index in [9.17, 15) is 25.0 Å². The van der Waals surface area contributed by atoms with Crippen LogP contribution in [0.15, 0.2) is 65.7 Å². The van der Waals surface area contributed by atoms with Gasteiger partial charge in [-0.05, 0) is 66.9 Å². The second-order valence-electron chi connectivity index (χ2n) is 6.74. The lowest BCUT2D eigenvalue weighted by molar-refractivity contribution is -0.394. The first-order valence-corrected chi connectivity index (χ1v) is 9.10. The third-order valence-electron chi connectivity index (χ3n) is 4.50. The molecule has 0 amide bonds. The number of nitro benzene ring substituents is 2. The highest BCUT2D eigenvalue weighted by Crippen LogP contribution is 2.24. The lowest BCUT2D eigenvalue weighted by Gasteiger charge is -2.05. The van der Waals surface area contributed by atoms with E-state index in [-0.39, 0.29) is 11.3 Å². The third kappa shape index (κ3) is 5.36. The Balaban J connectivity index is 1.74. The predicted molar refractivity (Wildman–Crippen MR) is 114 cm³/mol. The molecule has 31 heavy (non-hydrogen) atoms. The molecule has 0 saturated carbocycles. The Hall–Kier alpha value is -4.40. The zero-order valence-electron chi connectivity index (χ0n) is 16.6. The molecule has 0 spiro atoms. The number of hydrogen-bond donors (Lipinski definition) is 0. The fourth-order valence-corrected chi connectivity index (χ4v) is 2.67. The number of nitro groups is 2. The number of rotatable bonds is 6. The Morgan fingerprint density at radius 3 is 2.03 bits per heavy atom. The van der Waals surface area contributed by atoms with Crippen molar-refractivity contribution in [2.45, 2.75) is 13.8 Å². The number of nitrogens with zero attached hydrogens (tertiary/aromatic N) is 3. The predicted octanol–water partition coefficient (Wildman–Crippen LogP) is 5.09. The van der Waals surface area contributed by atoms with Gasteiger partial charge >= 0.3 is 5.97 Å². The average Bonchev–Trinajstić information content (AvgIpc) is 2.75. The molecule has 0 aliphatic heterocycles. The van der Waals surface area contributed by atoms with Crippen LogP contribution >= 0.6 is 0 Å². The van der Waals surface area contributed by atoms with Crippen molar-refractivity contribution in [2.24, 2.45) is 4.99 Å². The molecule has 0 N–H and O–H groups in total. The molecule has 0 saturated heterocycles. The molecule has 0 radical (unpaired) electrons. The summed E-state index contributed by atoms with van der Waals surface area (Å²) in [4.78, 5) is 37.0. The summed E-state index contributed by atoms with van der Waals surface area (Å²) in [5.74, 6) is -0.758. The number of benzene rings is 3. The van der Waals surface area contributed by atoms with Crippen LogP contribution in [-0.4, -0.2) is 22.0 Å². The van der Waals surface area contributed by atoms with E-state index in [0.29, 0.717) is 0 Å². The topological polar surface area (TPSA) is 125 Å². The highest BCUT2D eigenvalue weighted by atomic mass is 16.6. The number of esters is 1. The molecule has 0 unspecified atom stereocenters. The molecule has 0 heterocycles. The minimum atomic E-state index is -0.941. The van der Waals surface area contributed by atoms with Crippen molar-refractivity contribution in [3.05, 3.63) is 103 Å². The maximum absolute atomic E-state index is 12.3. The van der Waals surface area contributed by atoms with Gasteiger partial charge in [-0.3, -0.25) is 25.2 Å². The van der Waals surface area contributed by atoms with Crippen LogP contribution in [0.4, 0.5) is 17.1 Å². The monoisotopic (exact) mass is 419 g/mol. The average molecular weight is 419 g/mol. The van der Waals surface area contributed by atoms with E-state index in [1.807, 2.05) is 32.0 Å². The van der Waals surface area contributed by atoms with Crippen molar-refractivity contribution in [1.29, 1.82) is 0 Å². The van der Waals surface area contributed by atoms with E-state index in [1.165, 1.54) is 17.7 Å². The summed E-state index contributed by atoms with van der Waals surface area (Å²) in [5, 5.41) is 21.9. The summed E-state index contributed by atoms with van der Waals surface area (Å²) >= 11 is 0. The summed E-state index contributed by atoms with van der Waals surface area (Å²) in [6, 6.07) is 14.9. The number of carbonyl (C=O) groups is 1. The zero-order valence-corrected chi connectivity index (χ0v) is 16.6. The molecule has 3 rings (SSSR count). The van der Waals surface area contributed by atoms with E-state index in [4.69, 9.17) is 4.74 Å². The third-order valence-corrected chi connectivity index (χ3v) is 4.50. The van der Waals surface area contributed by atoms with E-state index >= 15 is 0 Å². The summed E-state index contributed by atoms with van der Waals surface area (Å²) in [5.41, 5.74) is 2.46. The normalized spacial score (nSPS) is 10.8. The van der Waals surface area contributed by atoms with E-state index in [2.05, 4.69) is 4.99 Å². The van der Waals surface area contributed by atoms with Crippen molar-refractivity contribution in [1.82, 2.24) is 0 Å². The molecule has 156 valence electrons. The summed E-state index contributed by atoms with van der Waals surface area (Å²) in [6.45, 7) is 4.03. The Kier molecular flexibility index (Phi) is 6.15. The van der Waals surface area contributed by atoms with Gasteiger partial charge in [0.25, 0.3) is 11.4 Å². The molecule has 0 aliphatic rings. The standard InChI is InChI=1S/C22H17N3O6/c1-14-3-6-18(9-15(14)2)23-13-16-4-7-21(8-5-16)31-22(26)17-10-19(24(27)28)12-20(11-17)25(29)30/h3-13H,1-2H3. The number of non-ortho nitro benzene ring substituents is 2. The fourth-order valence-electron chi connectivity index (χ4n) is 2.67. The second kappa shape index (κ2) is 8.95. The SMILES string of the molecule is Cc1ccc(N=Cc2ccc(OC(=O)c3cc([N+](=O)[O-])cc([N+](=O)[O-])c3)cc2)cc1C. The molecule has 3 aromatic carbocycles. The van der Waals surface area contributed by atoms with E-state index in [1.54, 1.807) is 18.3 Å². The van der Waals surface area contributed by atoms with E-state index in [0.717, 1.165) is 35.0 Å². The van der Waals surface area contributed by atoms with Crippen molar-refractivity contribution >= 4 is 29.2 Å². The van der Waals surface area contributed by atoms with Crippen molar-refractivity contribution in [2.75, 3.05) is 0 Å². The molecule has 0 atom stereocenters. The highest BCUT2D eigenvalue weighted by Gasteiger charge is 2.21. The van der Waals surface area contributed by atoms with Crippen molar-refractivity contribution < 1.29 is 19.4 Å². The first-order chi connectivity index (χ1) is 14.7. The molecular weight excluding hydrogens is 402 g/mol. The largest absolute Gasteiger partial charge is 0.423 e. The molecule has 3 aromatic rings. The van der Waals surface area contributed by atoms with Crippen LogP contribution in [0.25, 0.3) is 0 Å². The molecule has 0 bridgehead atoms. The van der Waals surface area contributed by atoms with E-state index < -0.39 is 27.2 Å². The maximum Gasteiger partial charge on any atom is 0.344 e. The van der Waals surface area contributed by atoms with Crippen molar-refractivity contribution in [3.63, 3.8) is 0 Å². The summed E-state index contributed by atoms with van der Waals surface area (Å²) in [6.07, 6.45) is 1.67. The minimum Gasteiger partial charge on any atom is -0.423 e. The summed E-state index contributed by atoms with van der Waals surface area (Å²) < 4.78 is 5.19. The van der Waals surface area contributed by atoms with Crippen LogP contribution in [0.1, 0.15) is 27.0 Å². The van der Waals surface area contributed by atoms with Gasteiger partial charge in [-0.2, -0.15) is 0 Å². The number of carbonyl (C=O) groups excluding carboxylic acids is 1. The first-order valence-electron chi connectivity index (χ1n) is 9.10. The Morgan fingerprint density at radius 2 is 1.48 bits per heavy atom. The first kappa shape index (κ1) is 21.3. The molecular formula is C22H17N3O6. The van der Waals surface area contributed by atoms with Gasteiger partial charge in [0.05, 0.1) is 27.2 Å². The minimum absolute atomic E-state index is 0.183. The van der Waals surface area contributed by atoms with Gasteiger partial charge in [0.2, 0.25) is 0 Å². The van der Waals surface area contributed by atoms with Crippen LogP contribution in [0, 0.1) is 34.1 Å². The highest BCUT2D eigenvalue weighted by molar-refractivity contribution is 5.92. The van der Waals surface area contributed by atoms with Crippen LogP contribution < -0.4 is 4.74 Å². The van der Waals surface area contributed by atoms with Crippen LogP contribution in [0.2, 0.25) is 0 Å². The summed E-state index contributed by atoms with van der Waals surface area (Å²) in [7, 11) is 0. The number of hydrogen-bond acceptors (Lipinski definition) is 7.